The van der Waals surface area contributed by atoms with E-state index in [1.165, 1.54) is 32.1 Å². The number of unbranched alkanes of at least 4 members (excludes halogenated alkanes) is 6. The normalized spacial score (nSPS) is 22.2. The van der Waals surface area contributed by atoms with E-state index >= 15 is 0 Å². The first-order valence-electron chi connectivity index (χ1n) is 14.4. The van der Waals surface area contributed by atoms with Gasteiger partial charge in [0, 0.05) is 37.2 Å². The van der Waals surface area contributed by atoms with E-state index in [1.54, 1.807) is 0 Å². The molecule has 0 spiro atoms. The Hall–Kier alpha value is -2.37. The summed E-state index contributed by atoms with van der Waals surface area (Å²) >= 11 is 0. The molecule has 1 aromatic carbocycles. The van der Waals surface area contributed by atoms with E-state index in [-0.39, 0.29) is 35.7 Å². The van der Waals surface area contributed by atoms with Crippen LogP contribution in [0.2, 0.25) is 0 Å². The number of benzene rings is 1. The van der Waals surface area contributed by atoms with Crippen molar-refractivity contribution in [2.45, 2.75) is 116 Å². The van der Waals surface area contributed by atoms with Crippen molar-refractivity contribution in [1.29, 1.82) is 0 Å². The number of nitrogens with one attached hydrogen (secondary N) is 2. The fraction of sp³-hybridized carbons (Fsp3) is 0.700. The summed E-state index contributed by atoms with van der Waals surface area (Å²) in [5, 5.41) is 6.44. The van der Waals surface area contributed by atoms with Crippen LogP contribution in [0.3, 0.4) is 0 Å². The van der Waals surface area contributed by atoms with Crippen molar-refractivity contribution >= 4 is 17.7 Å². The maximum atomic E-state index is 13.2. The van der Waals surface area contributed by atoms with Gasteiger partial charge < -0.3 is 15.5 Å². The van der Waals surface area contributed by atoms with Gasteiger partial charge in [-0.3, -0.25) is 14.4 Å². The first-order valence-corrected chi connectivity index (χ1v) is 14.4. The number of hydrogen-bond donors (Lipinski definition) is 2. The highest BCUT2D eigenvalue weighted by molar-refractivity contribution is 5.95. The summed E-state index contributed by atoms with van der Waals surface area (Å²) in [6.07, 6.45) is 14.5. The molecule has 0 radical (unpaired) electrons. The van der Waals surface area contributed by atoms with Gasteiger partial charge in [-0.25, -0.2) is 0 Å². The van der Waals surface area contributed by atoms with Crippen molar-refractivity contribution in [1.82, 2.24) is 15.5 Å². The van der Waals surface area contributed by atoms with Crippen molar-refractivity contribution in [3.05, 3.63) is 35.4 Å². The second-order valence-corrected chi connectivity index (χ2v) is 10.8. The average molecular weight is 498 g/mol. The minimum atomic E-state index is -0.161. The summed E-state index contributed by atoms with van der Waals surface area (Å²) in [7, 11) is 0. The number of rotatable bonds is 12. The number of piperidine rings is 1. The smallest absolute Gasteiger partial charge is 0.251 e. The second kappa shape index (κ2) is 15.0. The standard InChI is InChI=1S/C30H47N3O3/c1-3-4-5-6-7-8-9-20-28(34)33-21-14-16-24(22-33)29(35)31-26-18-12-13-19-27(26)32-30(36)25-17-11-10-15-23(25)2/h10-11,15,17,24,26-27H,3-9,12-14,16,18-22H2,1-2H3,(H,31,35)(H,32,36)/t24-,26+,27+/m0/s1. The molecule has 1 heterocycles. The molecule has 3 atom stereocenters. The molecule has 6 nitrogen and oxygen atoms in total. The summed E-state index contributed by atoms with van der Waals surface area (Å²) in [4.78, 5) is 40.8. The number of carbonyl (C=O) groups excluding carboxylic acids is 3. The van der Waals surface area contributed by atoms with Gasteiger partial charge in [0.2, 0.25) is 11.8 Å². The Morgan fingerprint density at radius 2 is 1.53 bits per heavy atom. The third-order valence-electron chi connectivity index (χ3n) is 7.94. The van der Waals surface area contributed by atoms with E-state index in [2.05, 4.69) is 17.6 Å². The molecular formula is C30H47N3O3. The molecule has 0 bridgehead atoms. The molecule has 2 aliphatic rings. The lowest BCUT2D eigenvalue weighted by Gasteiger charge is -2.36. The van der Waals surface area contributed by atoms with Gasteiger partial charge in [-0.15, -0.1) is 0 Å². The van der Waals surface area contributed by atoms with Crippen molar-refractivity contribution < 1.29 is 14.4 Å². The molecule has 1 saturated heterocycles. The first kappa shape index (κ1) is 28.2. The Morgan fingerprint density at radius 3 is 2.25 bits per heavy atom. The molecule has 1 saturated carbocycles. The van der Waals surface area contributed by atoms with Gasteiger partial charge in [-0.05, 0) is 50.7 Å². The van der Waals surface area contributed by atoms with Gasteiger partial charge in [0.25, 0.3) is 5.91 Å². The van der Waals surface area contributed by atoms with Crippen LogP contribution in [0.25, 0.3) is 0 Å². The van der Waals surface area contributed by atoms with E-state index in [1.807, 2.05) is 36.1 Å². The summed E-state index contributed by atoms with van der Waals surface area (Å²) in [5.41, 5.74) is 1.64. The predicted octanol–water partition coefficient (Wildman–Crippen LogP) is 5.53. The van der Waals surface area contributed by atoms with Crippen LogP contribution in [0.4, 0.5) is 0 Å². The minimum Gasteiger partial charge on any atom is -0.351 e. The molecule has 0 unspecified atom stereocenters. The Kier molecular flexibility index (Phi) is 11.8. The largest absolute Gasteiger partial charge is 0.351 e. The van der Waals surface area contributed by atoms with E-state index in [9.17, 15) is 14.4 Å². The molecule has 6 heteroatoms. The summed E-state index contributed by atoms with van der Waals surface area (Å²) in [5.74, 6) is -0.00185. The van der Waals surface area contributed by atoms with E-state index in [0.29, 0.717) is 18.5 Å². The van der Waals surface area contributed by atoms with Gasteiger partial charge in [0.05, 0.1) is 5.92 Å². The summed E-state index contributed by atoms with van der Waals surface area (Å²) in [6, 6.07) is 7.49. The Morgan fingerprint density at radius 1 is 0.861 bits per heavy atom. The van der Waals surface area contributed by atoms with Crippen molar-refractivity contribution in [2.24, 2.45) is 5.92 Å². The molecule has 3 amide bonds. The molecule has 2 fully saturated rings. The molecule has 200 valence electrons. The van der Waals surface area contributed by atoms with Gasteiger partial charge >= 0.3 is 0 Å². The quantitative estimate of drug-likeness (QED) is 0.373. The van der Waals surface area contributed by atoms with Crippen molar-refractivity contribution in [3.63, 3.8) is 0 Å². The zero-order valence-electron chi connectivity index (χ0n) is 22.5. The van der Waals surface area contributed by atoms with Gasteiger partial charge in [-0.1, -0.05) is 76.5 Å². The Balaban J connectivity index is 1.45. The average Bonchev–Trinajstić information content (AvgIpc) is 2.89. The number of nitrogens with zero attached hydrogens (tertiary/aromatic N) is 1. The third kappa shape index (κ3) is 8.63. The van der Waals surface area contributed by atoms with Gasteiger partial charge in [0.1, 0.15) is 0 Å². The molecule has 3 rings (SSSR count). The number of hydrogen-bond acceptors (Lipinski definition) is 3. The van der Waals surface area contributed by atoms with Gasteiger partial charge in [-0.2, -0.15) is 0 Å². The Labute approximate surface area is 218 Å². The molecule has 1 aliphatic heterocycles. The fourth-order valence-corrected chi connectivity index (χ4v) is 5.66. The van der Waals surface area contributed by atoms with Crippen LogP contribution in [0.5, 0.6) is 0 Å². The topological polar surface area (TPSA) is 78.5 Å². The summed E-state index contributed by atoms with van der Waals surface area (Å²) in [6.45, 7) is 5.45. The lowest BCUT2D eigenvalue weighted by atomic mass is 9.88. The van der Waals surface area contributed by atoms with Crippen LogP contribution in [-0.4, -0.2) is 47.8 Å². The zero-order chi connectivity index (χ0) is 25.8. The number of likely N-dealkylation sites (tertiary alicyclic amines) is 1. The van der Waals surface area contributed by atoms with Crippen LogP contribution >= 0.6 is 0 Å². The van der Waals surface area contributed by atoms with E-state index in [4.69, 9.17) is 0 Å². The highest BCUT2D eigenvalue weighted by atomic mass is 16.2. The lowest BCUT2D eigenvalue weighted by Crippen LogP contribution is -2.55. The maximum absolute atomic E-state index is 13.2. The number of carbonyl (C=O) groups is 3. The maximum Gasteiger partial charge on any atom is 0.251 e. The van der Waals surface area contributed by atoms with Crippen LogP contribution in [0.1, 0.15) is 113 Å². The third-order valence-corrected chi connectivity index (χ3v) is 7.94. The zero-order valence-corrected chi connectivity index (χ0v) is 22.5. The van der Waals surface area contributed by atoms with Crippen LogP contribution in [0, 0.1) is 12.8 Å². The highest BCUT2D eigenvalue weighted by Gasteiger charge is 2.33. The fourth-order valence-electron chi connectivity index (χ4n) is 5.66. The SMILES string of the molecule is CCCCCCCCCC(=O)N1CCC[C@H](C(=O)N[C@@H]2CCCC[C@H]2NC(=O)c2ccccc2C)C1. The van der Waals surface area contributed by atoms with Crippen LogP contribution < -0.4 is 10.6 Å². The molecule has 2 N–H and O–H groups in total. The van der Waals surface area contributed by atoms with Crippen LogP contribution in [0.15, 0.2) is 24.3 Å². The first-order chi connectivity index (χ1) is 17.5. The van der Waals surface area contributed by atoms with Crippen LogP contribution in [-0.2, 0) is 9.59 Å². The molecule has 0 aromatic heterocycles. The van der Waals surface area contributed by atoms with E-state index < -0.39 is 0 Å². The lowest BCUT2D eigenvalue weighted by molar-refractivity contribution is -0.136. The van der Waals surface area contributed by atoms with Gasteiger partial charge in [0.15, 0.2) is 0 Å². The Bertz CT molecular complexity index is 856. The predicted molar refractivity (Wildman–Crippen MR) is 145 cm³/mol. The molecule has 36 heavy (non-hydrogen) atoms. The summed E-state index contributed by atoms with van der Waals surface area (Å²) < 4.78 is 0. The number of aryl methyl sites for hydroxylation is 1. The van der Waals surface area contributed by atoms with Crippen molar-refractivity contribution in [3.8, 4) is 0 Å². The molecule has 1 aliphatic carbocycles. The van der Waals surface area contributed by atoms with E-state index in [0.717, 1.165) is 63.5 Å². The van der Waals surface area contributed by atoms with Crippen molar-refractivity contribution in [2.75, 3.05) is 13.1 Å². The second-order valence-electron chi connectivity index (χ2n) is 10.8. The highest BCUT2D eigenvalue weighted by Crippen LogP contribution is 2.23. The minimum absolute atomic E-state index is 0.0328. The molecular weight excluding hydrogens is 450 g/mol. The molecule has 1 aromatic rings. The number of amides is 3. The monoisotopic (exact) mass is 497 g/mol.